The number of aliphatic hydroxyl groups excluding tert-OH is 1. The first-order valence-corrected chi connectivity index (χ1v) is 6.79. The van der Waals surface area contributed by atoms with Crippen molar-refractivity contribution in [3.63, 3.8) is 0 Å². The highest BCUT2D eigenvalue weighted by atomic mass is 35.5. The summed E-state index contributed by atoms with van der Waals surface area (Å²) in [5, 5.41) is 13.4. The number of benzene rings is 1. The molecule has 0 aliphatic heterocycles. The molecule has 4 N–H and O–H groups in total. The van der Waals surface area contributed by atoms with E-state index in [1.54, 1.807) is 32.0 Å². The zero-order chi connectivity index (χ0) is 15.3. The fourth-order valence-corrected chi connectivity index (χ4v) is 1.83. The monoisotopic (exact) mass is 320 g/mol. The fraction of sp³-hybridized carbons (Fsp3) is 0.462. The number of hydrogen-bond acceptors (Lipinski definition) is 4. The van der Waals surface area contributed by atoms with E-state index in [2.05, 4.69) is 5.32 Å². The van der Waals surface area contributed by atoms with Gasteiger partial charge in [0, 0.05) is 6.54 Å². The van der Waals surface area contributed by atoms with Crippen molar-refractivity contribution in [3.8, 4) is 5.75 Å². The number of carbonyl (C=O) groups excluding carboxylic acids is 1. The van der Waals surface area contributed by atoms with Gasteiger partial charge in [-0.25, -0.2) is 0 Å². The summed E-state index contributed by atoms with van der Waals surface area (Å²) in [6.07, 6.45) is -0.832. The Hall–Kier alpha value is -1.01. The van der Waals surface area contributed by atoms with Crippen molar-refractivity contribution in [3.05, 3.63) is 28.2 Å². The highest BCUT2D eigenvalue weighted by Crippen LogP contribution is 2.32. The number of rotatable bonds is 7. The molecule has 0 aliphatic rings. The van der Waals surface area contributed by atoms with Gasteiger partial charge in [0.15, 0.2) is 5.75 Å². The molecule has 0 saturated heterocycles. The van der Waals surface area contributed by atoms with Gasteiger partial charge in [-0.2, -0.15) is 0 Å². The van der Waals surface area contributed by atoms with E-state index in [0.717, 1.165) is 0 Å². The van der Waals surface area contributed by atoms with Crippen LogP contribution in [0.3, 0.4) is 0 Å². The summed E-state index contributed by atoms with van der Waals surface area (Å²) in [6, 6.07) is 4.98. The van der Waals surface area contributed by atoms with Crippen LogP contribution in [0.25, 0.3) is 0 Å². The third kappa shape index (κ3) is 4.83. The number of primary amides is 1. The second kappa shape index (κ2) is 7.13. The smallest absolute Gasteiger partial charge is 0.237 e. The standard InChI is InChI=1S/C13H18Cl2N2O3/c1-13(2,12(16)19)17-6-8(18)7-20-11-9(14)4-3-5-10(11)15/h3-5,8,17-18H,6-7H2,1-2H3,(H2,16,19). The molecule has 1 unspecified atom stereocenters. The zero-order valence-electron chi connectivity index (χ0n) is 11.3. The van der Waals surface area contributed by atoms with E-state index >= 15 is 0 Å². The van der Waals surface area contributed by atoms with Crippen LogP contribution in [0.2, 0.25) is 10.0 Å². The van der Waals surface area contributed by atoms with Gasteiger partial charge in [-0.05, 0) is 26.0 Å². The molecule has 0 saturated carbocycles. The molecular formula is C13H18Cl2N2O3. The molecule has 5 nitrogen and oxygen atoms in total. The maximum Gasteiger partial charge on any atom is 0.237 e. The van der Waals surface area contributed by atoms with Gasteiger partial charge in [0.05, 0.1) is 15.6 Å². The molecule has 0 bridgehead atoms. The Bertz CT molecular complexity index is 460. The molecule has 0 fully saturated rings. The molecule has 20 heavy (non-hydrogen) atoms. The highest BCUT2D eigenvalue weighted by Gasteiger charge is 2.25. The van der Waals surface area contributed by atoms with Crippen molar-refractivity contribution in [2.45, 2.75) is 25.5 Å². The zero-order valence-corrected chi connectivity index (χ0v) is 12.8. The van der Waals surface area contributed by atoms with Crippen LogP contribution in [0.15, 0.2) is 18.2 Å². The van der Waals surface area contributed by atoms with E-state index in [-0.39, 0.29) is 13.2 Å². The topological polar surface area (TPSA) is 84.6 Å². The normalized spacial score (nSPS) is 13.1. The Balaban J connectivity index is 2.48. The second-order valence-corrected chi connectivity index (χ2v) is 5.70. The Kier molecular flexibility index (Phi) is 6.07. The van der Waals surface area contributed by atoms with Crippen molar-refractivity contribution in [1.82, 2.24) is 5.32 Å². The Labute approximate surface area is 128 Å². The number of nitrogens with two attached hydrogens (primary N) is 1. The lowest BCUT2D eigenvalue weighted by Crippen LogP contribution is -2.53. The molecule has 0 aromatic heterocycles. The van der Waals surface area contributed by atoms with E-state index in [1.807, 2.05) is 0 Å². The van der Waals surface area contributed by atoms with Crippen molar-refractivity contribution in [2.75, 3.05) is 13.2 Å². The predicted molar refractivity (Wildman–Crippen MR) is 79.2 cm³/mol. The fourth-order valence-electron chi connectivity index (χ4n) is 1.32. The molecular weight excluding hydrogens is 303 g/mol. The van der Waals surface area contributed by atoms with Crippen molar-refractivity contribution >= 4 is 29.1 Å². The van der Waals surface area contributed by atoms with Crippen LogP contribution in [-0.2, 0) is 4.79 Å². The molecule has 1 rings (SSSR count). The van der Waals surface area contributed by atoms with Crippen molar-refractivity contribution in [1.29, 1.82) is 0 Å². The molecule has 0 spiro atoms. The maximum atomic E-state index is 11.1. The summed E-state index contributed by atoms with van der Waals surface area (Å²) in [5.74, 6) is -0.177. The average molecular weight is 321 g/mol. The number of aliphatic hydroxyl groups is 1. The van der Waals surface area contributed by atoms with Crippen molar-refractivity contribution < 1.29 is 14.6 Å². The van der Waals surface area contributed by atoms with Gasteiger partial charge < -0.3 is 20.9 Å². The first kappa shape index (κ1) is 17.0. The summed E-state index contributed by atoms with van der Waals surface area (Å²) in [5.41, 5.74) is 4.31. The minimum atomic E-state index is -0.900. The first-order chi connectivity index (χ1) is 9.24. The van der Waals surface area contributed by atoms with Gasteiger partial charge in [-0.15, -0.1) is 0 Å². The van der Waals surface area contributed by atoms with E-state index < -0.39 is 17.6 Å². The number of ether oxygens (including phenoxy) is 1. The van der Waals surface area contributed by atoms with E-state index in [4.69, 9.17) is 33.7 Å². The molecule has 0 heterocycles. The third-order valence-corrected chi connectivity index (χ3v) is 3.33. The summed E-state index contributed by atoms with van der Waals surface area (Å²) in [7, 11) is 0. The number of hydrogen-bond donors (Lipinski definition) is 3. The second-order valence-electron chi connectivity index (χ2n) is 4.89. The first-order valence-electron chi connectivity index (χ1n) is 6.04. The molecule has 1 aromatic rings. The predicted octanol–water partition coefficient (Wildman–Crippen LogP) is 1.59. The Morgan fingerprint density at radius 1 is 1.45 bits per heavy atom. The quantitative estimate of drug-likeness (QED) is 0.712. The Morgan fingerprint density at radius 3 is 2.50 bits per heavy atom. The van der Waals surface area contributed by atoms with Crippen LogP contribution in [0, 0.1) is 0 Å². The van der Waals surface area contributed by atoms with Crippen molar-refractivity contribution in [2.24, 2.45) is 5.73 Å². The molecule has 1 amide bonds. The summed E-state index contributed by atoms with van der Waals surface area (Å²) >= 11 is 11.9. The number of halogens is 2. The molecule has 1 aromatic carbocycles. The van der Waals surface area contributed by atoms with Gasteiger partial charge in [0.1, 0.15) is 12.7 Å². The van der Waals surface area contributed by atoms with E-state index in [9.17, 15) is 9.90 Å². The number of β-amino-alcohol motifs (C(OH)–C–C–N with tert-alkyl or cyclic N) is 1. The van der Waals surface area contributed by atoms with Crippen LogP contribution in [0.5, 0.6) is 5.75 Å². The maximum absolute atomic E-state index is 11.1. The van der Waals surface area contributed by atoms with E-state index in [1.165, 1.54) is 0 Å². The summed E-state index contributed by atoms with van der Waals surface area (Å²) in [6.45, 7) is 3.41. The Morgan fingerprint density at radius 2 is 2.00 bits per heavy atom. The molecule has 7 heteroatoms. The molecule has 0 radical (unpaired) electrons. The minimum Gasteiger partial charge on any atom is -0.488 e. The summed E-state index contributed by atoms with van der Waals surface area (Å²) < 4.78 is 5.38. The number of nitrogens with one attached hydrogen (secondary N) is 1. The number of carbonyl (C=O) groups is 1. The van der Waals surface area contributed by atoms with Crippen LogP contribution < -0.4 is 15.8 Å². The lowest BCUT2D eigenvalue weighted by atomic mass is 10.1. The van der Waals surface area contributed by atoms with Gasteiger partial charge in [-0.3, -0.25) is 4.79 Å². The summed E-state index contributed by atoms with van der Waals surface area (Å²) in [4.78, 5) is 11.1. The lowest BCUT2D eigenvalue weighted by Gasteiger charge is -2.24. The van der Waals surface area contributed by atoms with Crippen LogP contribution in [-0.4, -0.2) is 35.8 Å². The minimum absolute atomic E-state index is 0.00864. The van der Waals surface area contributed by atoms with Gasteiger partial charge in [0.2, 0.25) is 5.91 Å². The number of amides is 1. The van der Waals surface area contributed by atoms with Crippen LogP contribution in [0.1, 0.15) is 13.8 Å². The molecule has 0 aliphatic carbocycles. The molecule has 112 valence electrons. The van der Waals surface area contributed by atoms with Gasteiger partial charge in [-0.1, -0.05) is 29.3 Å². The SMILES string of the molecule is CC(C)(NCC(O)COc1c(Cl)cccc1Cl)C(N)=O. The highest BCUT2D eigenvalue weighted by molar-refractivity contribution is 6.37. The largest absolute Gasteiger partial charge is 0.488 e. The van der Waals surface area contributed by atoms with Crippen LogP contribution in [0.4, 0.5) is 0 Å². The van der Waals surface area contributed by atoms with Crippen LogP contribution >= 0.6 is 23.2 Å². The third-order valence-electron chi connectivity index (χ3n) is 2.73. The van der Waals surface area contributed by atoms with E-state index in [0.29, 0.717) is 15.8 Å². The lowest BCUT2D eigenvalue weighted by molar-refractivity contribution is -0.123. The number of para-hydroxylation sites is 1. The van der Waals surface area contributed by atoms with Gasteiger partial charge >= 0.3 is 0 Å². The molecule has 1 atom stereocenters. The average Bonchev–Trinajstić information content (AvgIpc) is 2.35. The van der Waals surface area contributed by atoms with Gasteiger partial charge in [0.25, 0.3) is 0 Å².